The van der Waals surface area contributed by atoms with Gasteiger partial charge in [-0.05, 0) is 75.4 Å². The highest BCUT2D eigenvalue weighted by molar-refractivity contribution is 6.06. The first-order valence-corrected chi connectivity index (χ1v) is 8.49. The zero-order valence-electron chi connectivity index (χ0n) is 15.1. The number of hydrogen-bond acceptors (Lipinski definition) is 3. The third-order valence-electron chi connectivity index (χ3n) is 4.24. The van der Waals surface area contributed by atoms with E-state index in [-0.39, 0.29) is 5.91 Å². The predicted octanol–water partition coefficient (Wildman–Crippen LogP) is 4.03. The monoisotopic (exact) mass is 344 g/mol. The molecule has 2 aromatic carbocycles. The minimum Gasteiger partial charge on any atom is -0.309 e. The van der Waals surface area contributed by atoms with E-state index in [1.165, 1.54) is 0 Å². The Bertz CT molecular complexity index is 963. The molecule has 5 nitrogen and oxygen atoms in total. The van der Waals surface area contributed by atoms with Gasteiger partial charge in [-0.2, -0.15) is 10.4 Å². The van der Waals surface area contributed by atoms with E-state index in [0.29, 0.717) is 17.7 Å². The Morgan fingerprint density at radius 3 is 2.27 bits per heavy atom. The van der Waals surface area contributed by atoms with Crippen LogP contribution in [0.4, 0.5) is 5.69 Å². The number of aryl methyl sites for hydroxylation is 2. The van der Waals surface area contributed by atoms with Gasteiger partial charge in [0.15, 0.2) is 0 Å². The number of rotatable bonds is 4. The Labute approximate surface area is 153 Å². The van der Waals surface area contributed by atoms with Crippen LogP contribution in [0.25, 0.3) is 5.69 Å². The first kappa shape index (κ1) is 17.4. The first-order valence-electron chi connectivity index (χ1n) is 8.49. The topological polar surface area (TPSA) is 61.9 Å². The van der Waals surface area contributed by atoms with Gasteiger partial charge < -0.3 is 4.90 Å². The molecule has 0 aliphatic heterocycles. The van der Waals surface area contributed by atoms with E-state index in [4.69, 9.17) is 5.26 Å². The molecule has 26 heavy (non-hydrogen) atoms. The van der Waals surface area contributed by atoms with Crippen LogP contribution in [0.2, 0.25) is 0 Å². The molecule has 3 rings (SSSR count). The summed E-state index contributed by atoms with van der Waals surface area (Å²) < 4.78 is 1.86. The molecule has 0 N–H and O–H groups in total. The van der Waals surface area contributed by atoms with Crippen molar-refractivity contribution < 1.29 is 4.79 Å². The minimum absolute atomic E-state index is 0.0721. The number of benzene rings is 2. The second-order valence-electron chi connectivity index (χ2n) is 6.09. The van der Waals surface area contributed by atoms with Gasteiger partial charge in [0.1, 0.15) is 0 Å². The lowest BCUT2D eigenvalue weighted by atomic mass is 10.1. The molecule has 130 valence electrons. The summed E-state index contributed by atoms with van der Waals surface area (Å²) in [4.78, 5) is 14.6. The Kier molecular flexibility index (Phi) is 4.85. The lowest BCUT2D eigenvalue weighted by Crippen LogP contribution is -2.30. The SMILES string of the molecule is CCN(C(=O)c1ccc(-n2nc(C)cc2C)cc1)c1ccc(C#N)cc1. The number of anilines is 1. The predicted molar refractivity (Wildman–Crippen MR) is 102 cm³/mol. The fourth-order valence-electron chi connectivity index (χ4n) is 2.95. The molecule has 0 spiro atoms. The summed E-state index contributed by atoms with van der Waals surface area (Å²) in [6.07, 6.45) is 0. The lowest BCUT2D eigenvalue weighted by molar-refractivity contribution is 0.0988. The standard InChI is InChI=1S/C21H20N4O/c1-4-24(19-9-5-17(14-22)6-10-19)21(26)18-7-11-20(12-8-18)25-16(3)13-15(2)23-25/h5-13H,4H2,1-3H3. The second-order valence-corrected chi connectivity index (χ2v) is 6.09. The average Bonchev–Trinajstić information content (AvgIpc) is 3.01. The number of carbonyl (C=O) groups is 1. The maximum Gasteiger partial charge on any atom is 0.258 e. The van der Waals surface area contributed by atoms with Gasteiger partial charge in [-0.1, -0.05) is 0 Å². The van der Waals surface area contributed by atoms with Gasteiger partial charge >= 0.3 is 0 Å². The molecule has 0 saturated carbocycles. The van der Waals surface area contributed by atoms with Gasteiger partial charge in [0.05, 0.1) is 23.0 Å². The molecular weight excluding hydrogens is 324 g/mol. The zero-order valence-corrected chi connectivity index (χ0v) is 15.1. The van der Waals surface area contributed by atoms with Crippen molar-refractivity contribution in [1.29, 1.82) is 5.26 Å². The van der Waals surface area contributed by atoms with Crippen molar-refractivity contribution in [3.05, 3.63) is 77.1 Å². The van der Waals surface area contributed by atoms with Crippen LogP contribution in [0.1, 0.15) is 34.2 Å². The molecule has 0 aliphatic carbocycles. The quantitative estimate of drug-likeness (QED) is 0.718. The maximum absolute atomic E-state index is 12.9. The van der Waals surface area contributed by atoms with E-state index < -0.39 is 0 Å². The van der Waals surface area contributed by atoms with Crippen LogP contribution in [-0.4, -0.2) is 22.2 Å². The van der Waals surface area contributed by atoms with Crippen LogP contribution >= 0.6 is 0 Å². The van der Waals surface area contributed by atoms with Crippen molar-refractivity contribution in [2.75, 3.05) is 11.4 Å². The van der Waals surface area contributed by atoms with Crippen LogP contribution in [0.15, 0.2) is 54.6 Å². The van der Waals surface area contributed by atoms with Crippen molar-refractivity contribution in [2.45, 2.75) is 20.8 Å². The number of aromatic nitrogens is 2. The molecule has 1 aromatic heterocycles. The number of amides is 1. The van der Waals surface area contributed by atoms with Crippen LogP contribution < -0.4 is 4.90 Å². The van der Waals surface area contributed by atoms with Gasteiger partial charge in [-0.25, -0.2) is 4.68 Å². The largest absolute Gasteiger partial charge is 0.309 e. The van der Waals surface area contributed by atoms with Gasteiger partial charge in [-0.3, -0.25) is 4.79 Å². The number of nitriles is 1. The fraction of sp³-hybridized carbons (Fsp3) is 0.190. The van der Waals surface area contributed by atoms with Gasteiger partial charge in [0.2, 0.25) is 0 Å². The molecule has 5 heteroatoms. The first-order chi connectivity index (χ1) is 12.5. The van der Waals surface area contributed by atoms with Crippen LogP contribution in [-0.2, 0) is 0 Å². The van der Waals surface area contributed by atoms with E-state index in [2.05, 4.69) is 11.2 Å². The molecule has 0 atom stereocenters. The molecule has 0 aliphatic rings. The Morgan fingerprint density at radius 2 is 1.77 bits per heavy atom. The maximum atomic E-state index is 12.9. The summed E-state index contributed by atoms with van der Waals surface area (Å²) in [5.41, 5.74) is 4.90. The van der Waals surface area contributed by atoms with Gasteiger partial charge in [-0.15, -0.1) is 0 Å². The molecule has 0 fully saturated rings. The number of hydrogen-bond donors (Lipinski definition) is 0. The van der Waals surface area contributed by atoms with E-state index in [1.54, 1.807) is 29.2 Å². The van der Waals surface area contributed by atoms with Crippen molar-refractivity contribution in [1.82, 2.24) is 9.78 Å². The molecular formula is C21H20N4O. The van der Waals surface area contributed by atoms with E-state index in [1.807, 2.05) is 55.8 Å². The zero-order chi connectivity index (χ0) is 18.7. The Balaban J connectivity index is 1.86. The van der Waals surface area contributed by atoms with Gasteiger partial charge in [0, 0.05) is 23.5 Å². The summed E-state index contributed by atoms with van der Waals surface area (Å²) in [6.45, 7) is 6.44. The summed E-state index contributed by atoms with van der Waals surface area (Å²) >= 11 is 0. The Morgan fingerprint density at radius 1 is 1.12 bits per heavy atom. The Hall–Kier alpha value is -3.39. The highest BCUT2D eigenvalue weighted by Crippen LogP contribution is 2.19. The van der Waals surface area contributed by atoms with E-state index >= 15 is 0 Å². The van der Waals surface area contributed by atoms with Crippen LogP contribution in [0.5, 0.6) is 0 Å². The number of carbonyl (C=O) groups excluding carboxylic acids is 1. The molecule has 0 radical (unpaired) electrons. The summed E-state index contributed by atoms with van der Waals surface area (Å²) in [7, 11) is 0. The van der Waals surface area contributed by atoms with Crippen molar-refractivity contribution in [3.8, 4) is 11.8 Å². The molecule has 0 bridgehead atoms. The lowest BCUT2D eigenvalue weighted by Gasteiger charge is -2.21. The highest BCUT2D eigenvalue weighted by atomic mass is 16.2. The number of nitrogens with zero attached hydrogens (tertiary/aromatic N) is 4. The van der Waals surface area contributed by atoms with Crippen molar-refractivity contribution >= 4 is 11.6 Å². The van der Waals surface area contributed by atoms with E-state index in [0.717, 1.165) is 22.8 Å². The fourth-order valence-corrected chi connectivity index (χ4v) is 2.95. The third kappa shape index (κ3) is 3.35. The molecule has 3 aromatic rings. The highest BCUT2D eigenvalue weighted by Gasteiger charge is 2.16. The molecule has 1 heterocycles. The smallest absolute Gasteiger partial charge is 0.258 e. The second kappa shape index (κ2) is 7.24. The van der Waals surface area contributed by atoms with Crippen molar-refractivity contribution in [2.24, 2.45) is 0 Å². The molecule has 0 saturated heterocycles. The van der Waals surface area contributed by atoms with E-state index in [9.17, 15) is 4.79 Å². The minimum atomic E-state index is -0.0721. The van der Waals surface area contributed by atoms with Crippen molar-refractivity contribution in [3.63, 3.8) is 0 Å². The summed E-state index contributed by atoms with van der Waals surface area (Å²) in [5.74, 6) is -0.0721. The summed E-state index contributed by atoms with van der Waals surface area (Å²) in [6, 6.07) is 18.6. The molecule has 0 unspecified atom stereocenters. The van der Waals surface area contributed by atoms with Crippen LogP contribution in [0, 0.1) is 25.2 Å². The summed E-state index contributed by atoms with van der Waals surface area (Å²) in [5, 5.41) is 13.4. The normalized spacial score (nSPS) is 10.4. The van der Waals surface area contributed by atoms with Gasteiger partial charge in [0.25, 0.3) is 5.91 Å². The average molecular weight is 344 g/mol. The molecule has 1 amide bonds. The third-order valence-corrected chi connectivity index (χ3v) is 4.24. The van der Waals surface area contributed by atoms with Crippen LogP contribution in [0.3, 0.4) is 0 Å².